The maximum Gasteiger partial charge on any atom is 0.254 e. The van der Waals surface area contributed by atoms with E-state index < -0.39 is 0 Å². The number of nitrogens with zero attached hydrogens (tertiary/aromatic N) is 1. The fourth-order valence-electron chi connectivity index (χ4n) is 2.92. The van der Waals surface area contributed by atoms with Crippen molar-refractivity contribution in [3.63, 3.8) is 0 Å². The highest BCUT2D eigenvalue weighted by molar-refractivity contribution is 5.98. The van der Waals surface area contributed by atoms with Crippen LogP contribution in [-0.4, -0.2) is 29.3 Å². The minimum atomic E-state index is 0.0553. The number of benzene rings is 1. The minimum absolute atomic E-state index is 0.0553. The van der Waals surface area contributed by atoms with Gasteiger partial charge >= 0.3 is 0 Å². The van der Waals surface area contributed by atoms with E-state index in [0.717, 1.165) is 42.6 Å². The lowest BCUT2D eigenvalue weighted by Crippen LogP contribution is -2.33. The van der Waals surface area contributed by atoms with E-state index >= 15 is 0 Å². The predicted octanol–water partition coefficient (Wildman–Crippen LogP) is 2.20. The van der Waals surface area contributed by atoms with Crippen LogP contribution in [0.5, 0.6) is 0 Å². The zero-order valence-corrected chi connectivity index (χ0v) is 11.1. The maximum absolute atomic E-state index is 12.4. The Morgan fingerprint density at radius 3 is 2.95 bits per heavy atom. The van der Waals surface area contributed by atoms with Gasteiger partial charge in [0.15, 0.2) is 0 Å². The molecular formula is C15H18N2O2. The van der Waals surface area contributed by atoms with Crippen molar-refractivity contribution in [2.45, 2.75) is 38.6 Å². The van der Waals surface area contributed by atoms with Gasteiger partial charge in [-0.2, -0.15) is 0 Å². The third kappa shape index (κ3) is 2.23. The first-order valence-electron chi connectivity index (χ1n) is 6.89. The summed E-state index contributed by atoms with van der Waals surface area (Å²) in [5.74, 6) is 0.171. The lowest BCUT2D eigenvalue weighted by molar-refractivity contribution is -0.116. The van der Waals surface area contributed by atoms with Gasteiger partial charge in [0, 0.05) is 30.3 Å². The zero-order valence-electron chi connectivity index (χ0n) is 11.1. The summed E-state index contributed by atoms with van der Waals surface area (Å²) < 4.78 is 0. The van der Waals surface area contributed by atoms with Crippen LogP contribution in [0.4, 0.5) is 5.69 Å². The Hall–Kier alpha value is -1.84. The van der Waals surface area contributed by atoms with Crippen LogP contribution in [-0.2, 0) is 11.2 Å². The van der Waals surface area contributed by atoms with E-state index in [0.29, 0.717) is 12.5 Å². The second-order valence-corrected chi connectivity index (χ2v) is 5.41. The van der Waals surface area contributed by atoms with Crippen molar-refractivity contribution in [2.24, 2.45) is 0 Å². The molecule has 2 amide bonds. The molecule has 3 rings (SSSR count). The van der Waals surface area contributed by atoms with E-state index in [1.54, 1.807) is 0 Å². The predicted molar refractivity (Wildman–Crippen MR) is 73.1 cm³/mol. The molecule has 1 atom stereocenters. The van der Waals surface area contributed by atoms with Crippen molar-refractivity contribution < 1.29 is 9.59 Å². The Labute approximate surface area is 112 Å². The van der Waals surface area contributed by atoms with Crippen molar-refractivity contribution in [3.8, 4) is 0 Å². The lowest BCUT2D eigenvalue weighted by Gasteiger charge is -2.23. The highest BCUT2D eigenvalue weighted by Gasteiger charge is 2.26. The molecule has 1 saturated heterocycles. The molecule has 2 heterocycles. The van der Waals surface area contributed by atoms with E-state index in [-0.39, 0.29) is 11.8 Å². The number of anilines is 1. The molecule has 0 saturated carbocycles. The Bertz CT molecular complexity index is 539. The summed E-state index contributed by atoms with van der Waals surface area (Å²) in [6.45, 7) is 2.96. The average molecular weight is 258 g/mol. The standard InChI is InChI=1S/C15H18N2O2/c1-10-3-2-8-17(10)15(19)12-4-6-13-11(9-12)5-7-14(18)16-13/h4,6,9-10H,2-3,5,7-8H2,1H3,(H,16,18). The van der Waals surface area contributed by atoms with Crippen molar-refractivity contribution in [1.29, 1.82) is 0 Å². The lowest BCUT2D eigenvalue weighted by atomic mass is 10.00. The van der Waals surface area contributed by atoms with Crippen LogP contribution < -0.4 is 5.32 Å². The molecule has 1 aromatic rings. The molecule has 1 fully saturated rings. The maximum atomic E-state index is 12.4. The molecule has 19 heavy (non-hydrogen) atoms. The number of rotatable bonds is 1. The van der Waals surface area contributed by atoms with E-state index in [9.17, 15) is 9.59 Å². The Morgan fingerprint density at radius 1 is 1.37 bits per heavy atom. The summed E-state index contributed by atoms with van der Waals surface area (Å²) in [7, 11) is 0. The monoisotopic (exact) mass is 258 g/mol. The number of carbonyl (C=O) groups excluding carboxylic acids is 2. The molecular weight excluding hydrogens is 240 g/mol. The molecule has 100 valence electrons. The number of hydrogen-bond acceptors (Lipinski definition) is 2. The Kier molecular flexibility index (Phi) is 3.01. The number of carbonyl (C=O) groups is 2. The molecule has 2 aliphatic heterocycles. The van der Waals surface area contributed by atoms with Crippen molar-refractivity contribution >= 4 is 17.5 Å². The number of aryl methyl sites for hydroxylation is 1. The quantitative estimate of drug-likeness (QED) is 0.839. The molecule has 0 bridgehead atoms. The summed E-state index contributed by atoms with van der Waals surface area (Å²) in [4.78, 5) is 25.7. The summed E-state index contributed by atoms with van der Waals surface area (Å²) >= 11 is 0. The summed E-state index contributed by atoms with van der Waals surface area (Å²) in [5.41, 5.74) is 2.66. The topological polar surface area (TPSA) is 49.4 Å². The molecule has 4 heteroatoms. The molecule has 0 aliphatic carbocycles. The molecule has 0 spiro atoms. The second-order valence-electron chi connectivity index (χ2n) is 5.41. The van der Waals surface area contributed by atoms with Gasteiger partial charge in [0.2, 0.25) is 5.91 Å². The van der Waals surface area contributed by atoms with Gasteiger partial charge in [-0.15, -0.1) is 0 Å². The molecule has 1 unspecified atom stereocenters. The van der Waals surface area contributed by atoms with Gasteiger partial charge in [0.05, 0.1) is 0 Å². The van der Waals surface area contributed by atoms with Crippen LogP contribution >= 0.6 is 0 Å². The SMILES string of the molecule is CC1CCCN1C(=O)c1ccc2c(c1)CCC(=O)N2. The molecule has 0 radical (unpaired) electrons. The summed E-state index contributed by atoms with van der Waals surface area (Å²) in [5, 5.41) is 2.84. The zero-order chi connectivity index (χ0) is 13.4. The van der Waals surface area contributed by atoms with Crippen LogP contribution in [0.3, 0.4) is 0 Å². The van der Waals surface area contributed by atoms with Gasteiger partial charge in [0.25, 0.3) is 5.91 Å². The van der Waals surface area contributed by atoms with Gasteiger partial charge in [0.1, 0.15) is 0 Å². The van der Waals surface area contributed by atoms with Gasteiger partial charge < -0.3 is 10.2 Å². The number of amides is 2. The van der Waals surface area contributed by atoms with Crippen LogP contribution in [0.2, 0.25) is 0 Å². The molecule has 4 nitrogen and oxygen atoms in total. The second kappa shape index (κ2) is 4.68. The van der Waals surface area contributed by atoms with Crippen LogP contribution in [0, 0.1) is 0 Å². The summed E-state index contributed by atoms with van der Waals surface area (Å²) in [6, 6.07) is 5.93. The molecule has 1 aromatic carbocycles. The minimum Gasteiger partial charge on any atom is -0.336 e. The third-order valence-corrected chi connectivity index (χ3v) is 4.06. The van der Waals surface area contributed by atoms with Crippen molar-refractivity contribution in [3.05, 3.63) is 29.3 Å². The average Bonchev–Trinajstić information content (AvgIpc) is 2.83. The fourth-order valence-corrected chi connectivity index (χ4v) is 2.92. The van der Waals surface area contributed by atoms with Gasteiger partial charge in [-0.05, 0) is 49.9 Å². The van der Waals surface area contributed by atoms with E-state index in [4.69, 9.17) is 0 Å². The highest BCUT2D eigenvalue weighted by Crippen LogP contribution is 2.26. The first-order chi connectivity index (χ1) is 9.15. The first-order valence-corrected chi connectivity index (χ1v) is 6.89. The number of hydrogen-bond donors (Lipinski definition) is 1. The van der Waals surface area contributed by atoms with Crippen molar-refractivity contribution in [1.82, 2.24) is 4.90 Å². The fraction of sp³-hybridized carbons (Fsp3) is 0.467. The normalized spacial score (nSPS) is 22.1. The van der Waals surface area contributed by atoms with E-state index in [2.05, 4.69) is 12.2 Å². The van der Waals surface area contributed by atoms with Crippen molar-refractivity contribution in [2.75, 3.05) is 11.9 Å². The summed E-state index contributed by atoms with van der Waals surface area (Å²) in [6.07, 6.45) is 3.41. The molecule has 2 aliphatic rings. The largest absolute Gasteiger partial charge is 0.336 e. The number of nitrogens with one attached hydrogen (secondary N) is 1. The highest BCUT2D eigenvalue weighted by atomic mass is 16.2. The van der Waals surface area contributed by atoms with Gasteiger partial charge in [-0.1, -0.05) is 0 Å². The Balaban J connectivity index is 1.86. The number of fused-ring (bicyclic) bond motifs is 1. The van der Waals surface area contributed by atoms with Crippen LogP contribution in [0.1, 0.15) is 42.1 Å². The van der Waals surface area contributed by atoms with Gasteiger partial charge in [-0.3, -0.25) is 9.59 Å². The third-order valence-electron chi connectivity index (χ3n) is 4.06. The van der Waals surface area contributed by atoms with Crippen LogP contribution in [0.25, 0.3) is 0 Å². The van der Waals surface area contributed by atoms with E-state index in [1.807, 2.05) is 23.1 Å². The molecule has 0 aromatic heterocycles. The smallest absolute Gasteiger partial charge is 0.254 e. The Morgan fingerprint density at radius 2 is 2.21 bits per heavy atom. The number of likely N-dealkylation sites (tertiary alicyclic amines) is 1. The first kappa shape index (κ1) is 12.2. The molecule has 1 N–H and O–H groups in total. The van der Waals surface area contributed by atoms with Crippen LogP contribution in [0.15, 0.2) is 18.2 Å². The van der Waals surface area contributed by atoms with Gasteiger partial charge in [-0.25, -0.2) is 0 Å². The van der Waals surface area contributed by atoms with E-state index in [1.165, 1.54) is 0 Å².